The van der Waals surface area contributed by atoms with Crippen LogP contribution in [0.4, 0.5) is 8.78 Å². The molecular weight excluding hydrogens is 362 g/mol. The molecule has 1 aliphatic heterocycles. The van der Waals surface area contributed by atoms with E-state index >= 15 is 0 Å². The second-order valence-corrected chi connectivity index (χ2v) is 6.93. The Morgan fingerprint density at radius 1 is 1.33 bits per heavy atom. The fourth-order valence-corrected chi connectivity index (χ4v) is 3.69. The van der Waals surface area contributed by atoms with E-state index in [1.54, 1.807) is 0 Å². The summed E-state index contributed by atoms with van der Waals surface area (Å²) in [6.07, 6.45) is -0.618. The highest BCUT2D eigenvalue weighted by atomic mass is 19.3. The SMILES string of the molecule is Cc1ccc(C(=O)N[C@@H]2C[C@H](C(=O)N3CCNC(=O)C3)C[C@H]2O)n1C(F)F. The Bertz CT molecular complexity index is 751. The average Bonchev–Trinajstić information content (AvgIpc) is 3.17. The third-order valence-electron chi connectivity index (χ3n) is 5.09. The number of piperazine rings is 1. The number of rotatable bonds is 4. The van der Waals surface area contributed by atoms with Gasteiger partial charge in [0, 0.05) is 24.7 Å². The van der Waals surface area contributed by atoms with Crippen LogP contribution >= 0.6 is 0 Å². The third-order valence-corrected chi connectivity index (χ3v) is 5.09. The van der Waals surface area contributed by atoms with Crippen LogP contribution in [0, 0.1) is 12.8 Å². The summed E-state index contributed by atoms with van der Waals surface area (Å²) in [5.74, 6) is -1.73. The Kier molecular flexibility index (Phi) is 5.45. The third kappa shape index (κ3) is 3.95. The first-order valence-electron chi connectivity index (χ1n) is 8.78. The van der Waals surface area contributed by atoms with Crippen molar-refractivity contribution in [2.45, 2.75) is 38.5 Å². The first-order chi connectivity index (χ1) is 12.8. The van der Waals surface area contributed by atoms with Crippen LogP contribution in [0.5, 0.6) is 0 Å². The average molecular weight is 384 g/mol. The van der Waals surface area contributed by atoms with Crippen LogP contribution in [0.15, 0.2) is 12.1 Å². The van der Waals surface area contributed by atoms with Gasteiger partial charge in [-0.25, -0.2) is 0 Å². The topological polar surface area (TPSA) is 104 Å². The lowest BCUT2D eigenvalue weighted by Gasteiger charge is -2.29. The second kappa shape index (κ2) is 7.63. The minimum absolute atomic E-state index is 0.0242. The van der Waals surface area contributed by atoms with Gasteiger partial charge in [-0.3, -0.25) is 19.0 Å². The molecular formula is C17H22F2N4O4. The highest BCUT2D eigenvalue weighted by Gasteiger charge is 2.40. The van der Waals surface area contributed by atoms with Gasteiger partial charge in [0.25, 0.3) is 5.91 Å². The van der Waals surface area contributed by atoms with Gasteiger partial charge in [-0.05, 0) is 31.9 Å². The summed E-state index contributed by atoms with van der Waals surface area (Å²) in [5.41, 5.74) is 0.0516. The number of aromatic nitrogens is 1. The van der Waals surface area contributed by atoms with E-state index in [1.165, 1.54) is 24.0 Å². The first kappa shape index (κ1) is 19.3. The summed E-state index contributed by atoms with van der Waals surface area (Å²) in [5, 5.41) is 15.4. The molecule has 3 rings (SSSR count). The summed E-state index contributed by atoms with van der Waals surface area (Å²) < 4.78 is 26.9. The lowest BCUT2D eigenvalue weighted by molar-refractivity contribution is -0.141. The van der Waals surface area contributed by atoms with E-state index in [9.17, 15) is 28.3 Å². The molecule has 10 heteroatoms. The predicted octanol–water partition coefficient (Wildman–Crippen LogP) is 0.0193. The first-order valence-corrected chi connectivity index (χ1v) is 8.78. The second-order valence-electron chi connectivity index (χ2n) is 6.93. The number of nitrogens with zero attached hydrogens (tertiary/aromatic N) is 2. The number of hydrogen-bond acceptors (Lipinski definition) is 4. The van der Waals surface area contributed by atoms with Crippen molar-refractivity contribution >= 4 is 17.7 Å². The van der Waals surface area contributed by atoms with Crippen molar-refractivity contribution < 1.29 is 28.3 Å². The maximum absolute atomic E-state index is 13.1. The number of alkyl halides is 2. The van der Waals surface area contributed by atoms with E-state index < -0.39 is 30.5 Å². The van der Waals surface area contributed by atoms with Gasteiger partial charge in [-0.2, -0.15) is 8.78 Å². The van der Waals surface area contributed by atoms with Crippen LogP contribution in [0.2, 0.25) is 0 Å². The number of amides is 3. The Labute approximate surface area is 154 Å². The molecule has 8 nitrogen and oxygen atoms in total. The predicted molar refractivity (Wildman–Crippen MR) is 90.0 cm³/mol. The molecule has 3 amide bonds. The van der Waals surface area contributed by atoms with Gasteiger partial charge in [0.1, 0.15) is 5.69 Å². The van der Waals surface area contributed by atoms with E-state index in [0.29, 0.717) is 17.7 Å². The number of aryl methyl sites for hydroxylation is 1. The molecule has 1 saturated heterocycles. The Balaban J connectivity index is 1.64. The molecule has 2 heterocycles. The van der Waals surface area contributed by atoms with Crippen molar-refractivity contribution in [2.24, 2.45) is 5.92 Å². The fraction of sp³-hybridized carbons (Fsp3) is 0.588. The number of aliphatic hydroxyl groups is 1. The minimum Gasteiger partial charge on any atom is -0.391 e. The quantitative estimate of drug-likeness (QED) is 0.681. The number of nitrogens with one attached hydrogen (secondary N) is 2. The summed E-state index contributed by atoms with van der Waals surface area (Å²) in [4.78, 5) is 37.8. The fourth-order valence-electron chi connectivity index (χ4n) is 3.69. The van der Waals surface area contributed by atoms with Crippen molar-refractivity contribution in [3.8, 4) is 0 Å². The summed E-state index contributed by atoms with van der Waals surface area (Å²) in [6, 6.07) is 2.00. The van der Waals surface area contributed by atoms with Gasteiger partial charge in [0.15, 0.2) is 0 Å². The Morgan fingerprint density at radius 2 is 2.07 bits per heavy atom. The van der Waals surface area contributed by atoms with Crippen molar-refractivity contribution in [3.63, 3.8) is 0 Å². The Hall–Kier alpha value is -2.49. The summed E-state index contributed by atoms with van der Waals surface area (Å²) >= 11 is 0. The number of aliphatic hydroxyl groups excluding tert-OH is 1. The number of carbonyl (C=O) groups is 3. The molecule has 3 atom stereocenters. The molecule has 0 aromatic carbocycles. The van der Waals surface area contributed by atoms with Crippen molar-refractivity contribution in [1.82, 2.24) is 20.1 Å². The highest BCUT2D eigenvalue weighted by molar-refractivity contribution is 5.93. The number of carbonyl (C=O) groups excluding carboxylic acids is 3. The zero-order valence-corrected chi connectivity index (χ0v) is 14.8. The highest BCUT2D eigenvalue weighted by Crippen LogP contribution is 2.29. The van der Waals surface area contributed by atoms with Crippen LogP contribution in [0.25, 0.3) is 0 Å². The molecule has 3 N–H and O–H groups in total. The lowest BCUT2D eigenvalue weighted by atomic mass is 10.1. The minimum atomic E-state index is -2.85. The molecule has 1 saturated carbocycles. The molecule has 2 aliphatic rings. The van der Waals surface area contributed by atoms with E-state index in [-0.39, 0.29) is 42.6 Å². The largest absolute Gasteiger partial charge is 0.391 e. The van der Waals surface area contributed by atoms with Crippen LogP contribution < -0.4 is 10.6 Å². The molecule has 0 unspecified atom stereocenters. The van der Waals surface area contributed by atoms with Crippen molar-refractivity contribution in [1.29, 1.82) is 0 Å². The standard InChI is InChI=1S/C17H22F2N4O4/c1-9-2-3-12(23(9)17(18)19)15(26)21-11-6-10(7-13(11)24)16(27)22-5-4-20-14(25)8-22/h2-3,10-11,13,17,24H,4-8H2,1H3,(H,20,25)(H,21,26)/t10-,11+,13+/m0/s1. The molecule has 0 bridgehead atoms. The molecule has 0 radical (unpaired) electrons. The van der Waals surface area contributed by atoms with Crippen LogP contribution in [-0.2, 0) is 9.59 Å². The van der Waals surface area contributed by atoms with Gasteiger partial charge >= 0.3 is 6.55 Å². The van der Waals surface area contributed by atoms with Gasteiger partial charge in [-0.15, -0.1) is 0 Å². The maximum atomic E-state index is 13.1. The molecule has 148 valence electrons. The van der Waals surface area contributed by atoms with Crippen LogP contribution in [0.3, 0.4) is 0 Å². The molecule has 1 aliphatic carbocycles. The van der Waals surface area contributed by atoms with Crippen molar-refractivity contribution in [3.05, 3.63) is 23.5 Å². The maximum Gasteiger partial charge on any atom is 0.319 e. The monoisotopic (exact) mass is 384 g/mol. The van der Waals surface area contributed by atoms with Gasteiger partial charge in [0.05, 0.1) is 18.7 Å². The molecule has 2 fully saturated rings. The summed E-state index contributed by atoms with van der Waals surface area (Å²) in [7, 11) is 0. The summed E-state index contributed by atoms with van der Waals surface area (Å²) in [6.45, 7) is -0.631. The molecule has 0 spiro atoms. The van der Waals surface area contributed by atoms with E-state index in [1.807, 2.05) is 0 Å². The van der Waals surface area contributed by atoms with E-state index in [4.69, 9.17) is 0 Å². The Morgan fingerprint density at radius 3 is 2.74 bits per heavy atom. The van der Waals surface area contributed by atoms with Gasteiger partial charge in [0.2, 0.25) is 11.8 Å². The zero-order valence-electron chi connectivity index (χ0n) is 14.8. The van der Waals surface area contributed by atoms with Crippen LogP contribution in [0.1, 0.15) is 35.6 Å². The number of halogens is 2. The van der Waals surface area contributed by atoms with Crippen molar-refractivity contribution in [2.75, 3.05) is 19.6 Å². The zero-order chi connectivity index (χ0) is 19.7. The van der Waals surface area contributed by atoms with Gasteiger partial charge in [-0.1, -0.05) is 0 Å². The molecule has 1 aromatic heterocycles. The van der Waals surface area contributed by atoms with E-state index in [2.05, 4.69) is 10.6 Å². The van der Waals surface area contributed by atoms with Crippen LogP contribution in [-0.4, -0.2) is 64.1 Å². The normalized spacial score (nSPS) is 25.6. The smallest absolute Gasteiger partial charge is 0.319 e. The molecule has 27 heavy (non-hydrogen) atoms. The van der Waals surface area contributed by atoms with Gasteiger partial charge < -0.3 is 20.6 Å². The lowest BCUT2D eigenvalue weighted by Crippen LogP contribution is -2.51. The molecule has 1 aromatic rings. The number of hydrogen-bond donors (Lipinski definition) is 3. The van der Waals surface area contributed by atoms with E-state index in [0.717, 1.165) is 0 Å².